The molecule has 3 nitrogen and oxygen atoms in total. The summed E-state index contributed by atoms with van der Waals surface area (Å²) in [6.07, 6.45) is -1.76. The average molecular weight is 386 g/mol. The Bertz CT molecular complexity index is 824. The lowest BCUT2D eigenvalue weighted by Gasteiger charge is -2.20. The molecule has 1 aromatic heterocycles. The molecular weight excluding hydrogens is 367 g/mol. The van der Waals surface area contributed by atoms with Gasteiger partial charge in [-0.2, -0.15) is 8.78 Å². The van der Waals surface area contributed by atoms with Crippen molar-refractivity contribution in [2.45, 2.75) is 51.2 Å². The Morgan fingerprint density at radius 2 is 1.85 bits per heavy atom. The molecule has 0 aliphatic heterocycles. The second-order valence-corrected chi connectivity index (χ2v) is 6.74. The van der Waals surface area contributed by atoms with Crippen molar-refractivity contribution in [3.05, 3.63) is 53.1 Å². The van der Waals surface area contributed by atoms with Crippen molar-refractivity contribution in [2.24, 2.45) is 0 Å². The molecule has 1 saturated carbocycles. The summed E-state index contributed by atoms with van der Waals surface area (Å²) in [7, 11) is 0. The van der Waals surface area contributed by atoms with Crippen molar-refractivity contribution < 1.29 is 26.7 Å². The number of nitrogens with one attached hydrogen (secondary N) is 1. The lowest BCUT2D eigenvalue weighted by molar-refractivity contribution is -0.0522. The maximum Gasteiger partial charge on any atom is 0.387 e. The van der Waals surface area contributed by atoms with Crippen molar-refractivity contribution in [3.8, 4) is 5.75 Å². The zero-order valence-corrected chi connectivity index (χ0v) is 14.8. The summed E-state index contributed by atoms with van der Waals surface area (Å²) in [5, 5.41) is 3.03. The third-order valence-corrected chi connectivity index (χ3v) is 4.73. The smallest absolute Gasteiger partial charge is 0.387 e. The minimum Gasteiger partial charge on any atom is -0.432 e. The van der Waals surface area contributed by atoms with Gasteiger partial charge in [-0.25, -0.2) is 13.2 Å². The third kappa shape index (κ3) is 3.99. The fourth-order valence-corrected chi connectivity index (χ4v) is 3.10. The Morgan fingerprint density at radius 3 is 2.44 bits per heavy atom. The normalized spacial score (nSPS) is 16.5. The highest BCUT2D eigenvalue weighted by molar-refractivity contribution is 5.50. The summed E-state index contributed by atoms with van der Waals surface area (Å²) in [6.45, 7) is 0.200. The molecule has 0 amide bonds. The van der Waals surface area contributed by atoms with Crippen LogP contribution in [0.4, 0.5) is 27.6 Å². The molecule has 1 heterocycles. The van der Waals surface area contributed by atoms with Crippen LogP contribution in [0.25, 0.3) is 0 Å². The third-order valence-electron chi connectivity index (χ3n) is 4.73. The first-order valence-corrected chi connectivity index (χ1v) is 8.50. The van der Waals surface area contributed by atoms with Crippen molar-refractivity contribution in [1.82, 2.24) is 4.98 Å². The summed E-state index contributed by atoms with van der Waals surface area (Å²) >= 11 is 0. The van der Waals surface area contributed by atoms with Gasteiger partial charge in [0.25, 0.3) is 0 Å². The van der Waals surface area contributed by atoms with Crippen LogP contribution in [0.3, 0.4) is 0 Å². The Labute approximate surface area is 153 Å². The van der Waals surface area contributed by atoms with Crippen LogP contribution in [0, 0.1) is 12.7 Å². The number of pyridine rings is 1. The number of halogens is 5. The Balaban J connectivity index is 1.85. The van der Waals surface area contributed by atoms with Crippen LogP contribution in [-0.4, -0.2) is 18.0 Å². The number of aromatic nitrogens is 1. The summed E-state index contributed by atoms with van der Waals surface area (Å²) in [4.78, 5) is 4.24. The summed E-state index contributed by atoms with van der Waals surface area (Å²) < 4.78 is 70.1. The van der Waals surface area contributed by atoms with Gasteiger partial charge in [-0.05, 0) is 44.9 Å². The number of hydrogen-bond acceptors (Lipinski definition) is 3. The van der Waals surface area contributed by atoms with Gasteiger partial charge in [0, 0.05) is 16.9 Å². The van der Waals surface area contributed by atoms with Gasteiger partial charge < -0.3 is 10.1 Å². The lowest BCUT2D eigenvalue weighted by atomic mass is 10.0. The number of benzene rings is 1. The molecule has 1 aromatic carbocycles. The van der Waals surface area contributed by atoms with E-state index in [4.69, 9.17) is 0 Å². The predicted octanol–water partition coefficient (Wildman–Crippen LogP) is 5.60. The van der Waals surface area contributed by atoms with E-state index in [1.807, 2.05) is 0 Å². The molecule has 2 aromatic rings. The first kappa shape index (κ1) is 19.4. The van der Waals surface area contributed by atoms with Crippen LogP contribution in [0.5, 0.6) is 5.75 Å². The number of aryl methyl sites for hydroxylation is 1. The van der Waals surface area contributed by atoms with Crippen molar-refractivity contribution >= 4 is 5.69 Å². The van der Waals surface area contributed by atoms with E-state index in [-0.39, 0.29) is 5.56 Å². The van der Waals surface area contributed by atoms with Gasteiger partial charge in [-0.3, -0.25) is 4.98 Å². The van der Waals surface area contributed by atoms with E-state index in [1.54, 1.807) is 26.0 Å². The van der Waals surface area contributed by atoms with Gasteiger partial charge in [0.1, 0.15) is 0 Å². The van der Waals surface area contributed by atoms with E-state index in [9.17, 15) is 22.0 Å². The van der Waals surface area contributed by atoms with Crippen LogP contribution in [0.15, 0.2) is 30.3 Å². The summed E-state index contributed by atoms with van der Waals surface area (Å²) in [6, 6.07) is 6.57. The molecule has 0 bridgehead atoms. The van der Waals surface area contributed by atoms with E-state index < -0.39 is 36.1 Å². The molecule has 3 rings (SSSR count). The first-order valence-electron chi connectivity index (χ1n) is 8.50. The standard InChI is InChI=1S/C19H19F5N2O/c1-10-8-12(9-15(25-10)19(6-7-19)17(21)22)26-11(2)13-4-3-5-14(16(13)20)27-18(23)24/h3-5,8-9,11,17-18H,6-7H2,1-2H3,(H,25,26)/t11-/m1/s1. The van der Waals surface area contributed by atoms with E-state index in [2.05, 4.69) is 15.0 Å². The van der Waals surface area contributed by atoms with Crippen LogP contribution >= 0.6 is 0 Å². The number of nitrogens with zero attached hydrogens (tertiary/aromatic N) is 1. The summed E-state index contributed by atoms with van der Waals surface area (Å²) in [5.41, 5.74) is 0.296. The highest BCUT2D eigenvalue weighted by Gasteiger charge is 2.53. The maximum atomic E-state index is 14.4. The quantitative estimate of drug-likeness (QED) is 0.629. The molecule has 0 unspecified atom stereocenters. The molecule has 1 fully saturated rings. The molecule has 1 aliphatic carbocycles. The Morgan fingerprint density at radius 1 is 1.15 bits per heavy atom. The van der Waals surface area contributed by atoms with Gasteiger partial charge >= 0.3 is 6.61 Å². The number of alkyl halides is 4. The molecule has 8 heteroatoms. The number of rotatable bonds is 7. The second kappa shape index (κ2) is 7.32. The highest BCUT2D eigenvalue weighted by atomic mass is 19.3. The van der Waals surface area contributed by atoms with Crippen molar-refractivity contribution in [2.75, 3.05) is 5.32 Å². The molecule has 1 aliphatic rings. The van der Waals surface area contributed by atoms with Gasteiger partial charge in [-0.15, -0.1) is 0 Å². The minimum absolute atomic E-state index is 0.124. The molecule has 1 atom stereocenters. The fourth-order valence-electron chi connectivity index (χ4n) is 3.10. The van der Waals surface area contributed by atoms with E-state index in [0.29, 0.717) is 29.9 Å². The molecule has 0 saturated heterocycles. The topological polar surface area (TPSA) is 34.1 Å². The Hall–Kier alpha value is -2.38. The molecular formula is C19H19F5N2O. The van der Waals surface area contributed by atoms with Crippen LogP contribution < -0.4 is 10.1 Å². The van der Waals surface area contributed by atoms with Crippen LogP contribution in [-0.2, 0) is 5.41 Å². The first-order chi connectivity index (χ1) is 12.7. The fraction of sp³-hybridized carbons (Fsp3) is 0.421. The largest absolute Gasteiger partial charge is 0.432 e. The molecule has 146 valence electrons. The van der Waals surface area contributed by atoms with Crippen LogP contribution in [0.1, 0.15) is 42.8 Å². The monoisotopic (exact) mass is 386 g/mol. The maximum absolute atomic E-state index is 14.4. The van der Waals surface area contributed by atoms with Gasteiger partial charge in [0.15, 0.2) is 11.6 Å². The van der Waals surface area contributed by atoms with E-state index >= 15 is 0 Å². The van der Waals surface area contributed by atoms with Gasteiger partial charge in [-0.1, -0.05) is 12.1 Å². The van der Waals surface area contributed by atoms with Crippen molar-refractivity contribution in [3.63, 3.8) is 0 Å². The van der Waals surface area contributed by atoms with E-state index in [1.165, 1.54) is 12.1 Å². The molecule has 1 N–H and O–H groups in total. The summed E-state index contributed by atoms with van der Waals surface area (Å²) in [5.74, 6) is -1.44. The zero-order valence-electron chi connectivity index (χ0n) is 14.8. The van der Waals surface area contributed by atoms with Crippen LogP contribution in [0.2, 0.25) is 0 Å². The SMILES string of the molecule is Cc1cc(N[C@H](C)c2cccc(OC(F)F)c2F)cc(C2(C(F)F)CC2)n1. The Kier molecular flexibility index (Phi) is 5.26. The van der Waals surface area contributed by atoms with Crippen molar-refractivity contribution in [1.29, 1.82) is 0 Å². The average Bonchev–Trinajstić information content (AvgIpc) is 3.37. The van der Waals surface area contributed by atoms with Gasteiger partial charge in [0.2, 0.25) is 6.43 Å². The highest BCUT2D eigenvalue weighted by Crippen LogP contribution is 2.52. The minimum atomic E-state index is -3.13. The molecule has 0 radical (unpaired) electrons. The molecule has 0 spiro atoms. The van der Waals surface area contributed by atoms with E-state index in [0.717, 1.165) is 6.07 Å². The number of hydrogen-bond donors (Lipinski definition) is 1. The second-order valence-electron chi connectivity index (χ2n) is 6.74. The lowest BCUT2D eigenvalue weighted by Crippen LogP contribution is -2.20. The number of ether oxygens (including phenoxy) is 1. The predicted molar refractivity (Wildman–Crippen MR) is 91.0 cm³/mol. The molecule has 27 heavy (non-hydrogen) atoms. The zero-order chi connectivity index (χ0) is 19.8. The van der Waals surface area contributed by atoms with Gasteiger partial charge in [0.05, 0.1) is 17.2 Å². The number of anilines is 1.